The maximum absolute atomic E-state index is 11.9. The van der Waals surface area contributed by atoms with Crippen molar-refractivity contribution in [1.82, 2.24) is 14.8 Å². The summed E-state index contributed by atoms with van der Waals surface area (Å²) in [4.78, 5) is 10.6. The van der Waals surface area contributed by atoms with Crippen LogP contribution in [0.2, 0.25) is 0 Å². The summed E-state index contributed by atoms with van der Waals surface area (Å²) in [5, 5.41) is 0. The number of nitrogens with zero attached hydrogens (tertiary/aromatic N) is 2. The zero-order valence-electron chi connectivity index (χ0n) is 10.6. The minimum absolute atomic E-state index is 0.173. The summed E-state index contributed by atoms with van der Waals surface area (Å²) in [7, 11) is -3.63. The second-order valence-electron chi connectivity index (χ2n) is 4.02. The molecule has 6 nitrogen and oxygen atoms in total. The lowest BCUT2D eigenvalue weighted by Gasteiger charge is -2.09. The van der Waals surface area contributed by atoms with Crippen molar-refractivity contribution >= 4 is 16.0 Å². The lowest BCUT2D eigenvalue weighted by Crippen LogP contribution is -2.30. The highest BCUT2D eigenvalue weighted by atomic mass is 32.2. The Labute approximate surface area is 111 Å². The third-order valence-electron chi connectivity index (χ3n) is 2.33. The predicted octanol–water partition coefficient (Wildman–Crippen LogP) is 1.40. The average molecular weight is 278 g/mol. The van der Waals surface area contributed by atoms with Gasteiger partial charge in [-0.15, -0.1) is 4.83 Å². The maximum Gasteiger partial charge on any atom is 0.257 e. The molecule has 100 valence electrons. The van der Waals surface area contributed by atoms with Crippen LogP contribution in [0.15, 0.2) is 41.3 Å². The normalized spacial score (nSPS) is 11.3. The number of sulfonamides is 1. The summed E-state index contributed by atoms with van der Waals surface area (Å²) in [5.74, 6) is 0.219. The zero-order chi connectivity index (χ0) is 13.9. The monoisotopic (exact) mass is 278 g/mol. The van der Waals surface area contributed by atoms with E-state index in [1.165, 1.54) is 12.1 Å². The Hall–Kier alpha value is -1.99. The number of hydrogen-bond acceptors (Lipinski definition) is 5. The molecular formula is C12H14N4O2S. The molecule has 0 aliphatic rings. The number of hydrazine groups is 1. The fourth-order valence-electron chi connectivity index (χ4n) is 1.55. The summed E-state index contributed by atoms with van der Waals surface area (Å²) >= 11 is 0. The minimum Gasteiger partial charge on any atom is -0.276 e. The van der Waals surface area contributed by atoms with Crippen LogP contribution in [0, 0.1) is 13.8 Å². The number of aryl methyl sites for hydroxylation is 2. The SMILES string of the molecule is Cc1cc(C)nc(NNS(=O)(=O)c2ccccc2)n1. The third kappa shape index (κ3) is 3.49. The molecule has 1 aromatic carbocycles. The van der Waals surface area contributed by atoms with E-state index in [2.05, 4.69) is 20.2 Å². The van der Waals surface area contributed by atoms with Crippen LogP contribution in [0.5, 0.6) is 0 Å². The van der Waals surface area contributed by atoms with Crippen LogP contribution in [0.3, 0.4) is 0 Å². The maximum atomic E-state index is 11.9. The molecule has 0 unspecified atom stereocenters. The van der Waals surface area contributed by atoms with Crippen LogP contribution in [0.1, 0.15) is 11.4 Å². The summed E-state index contributed by atoms with van der Waals surface area (Å²) in [6, 6.07) is 9.87. The molecule has 19 heavy (non-hydrogen) atoms. The van der Waals surface area contributed by atoms with Crippen molar-refractivity contribution in [2.75, 3.05) is 5.43 Å². The van der Waals surface area contributed by atoms with E-state index >= 15 is 0 Å². The molecule has 1 heterocycles. The number of rotatable bonds is 4. The molecule has 0 atom stereocenters. The molecule has 0 saturated carbocycles. The van der Waals surface area contributed by atoms with Gasteiger partial charge in [0, 0.05) is 11.4 Å². The first-order chi connectivity index (χ1) is 8.97. The fourth-order valence-corrected chi connectivity index (χ4v) is 2.41. The van der Waals surface area contributed by atoms with E-state index < -0.39 is 10.0 Å². The number of hydrogen-bond donors (Lipinski definition) is 2. The lowest BCUT2D eigenvalue weighted by molar-refractivity contribution is 0.587. The van der Waals surface area contributed by atoms with Crippen LogP contribution in [-0.4, -0.2) is 18.4 Å². The van der Waals surface area contributed by atoms with Gasteiger partial charge in [0.25, 0.3) is 10.0 Å². The second-order valence-corrected chi connectivity index (χ2v) is 5.70. The van der Waals surface area contributed by atoms with Crippen LogP contribution in [0.25, 0.3) is 0 Å². The van der Waals surface area contributed by atoms with Gasteiger partial charge in [-0.05, 0) is 32.0 Å². The summed E-state index contributed by atoms with van der Waals surface area (Å²) < 4.78 is 23.9. The van der Waals surface area contributed by atoms with Crippen molar-refractivity contribution in [3.63, 3.8) is 0 Å². The summed E-state index contributed by atoms with van der Waals surface area (Å²) in [6.45, 7) is 3.62. The molecular weight excluding hydrogens is 264 g/mol. The van der Waals surface area contributed by atoms with Crippen molar-refractivity contribution in [3.8, 4) is 0 Å². The molecule has 0 amide bonds. The lowest BCUT2D eigenvalue weighted by atomic mass is 10.4. The Balaban J connectivity index is 2.14. The summed E-state index contributed by atoms with van der Waals surface area (Å²) in [6.07, 6.45) is 0. The topological polar surface area (TPSA) is 84.0 Å². The van der Waals surface area contributed by atoms with Gasteiger partial charge < -0.3 is 0 Å². The van der Waals surface area contributed by atoms with Gasteiger partial charge in [0.15, 0.2) is 0 Å². The van der Waals surface area contributed by atoms with Gasteiger partial charge in [-0.2, -0.15) is 0 Å². The first kappa shape index (κ1) is 13.4. The van der Waals surface area contributed by atoms with Gasteiger partial charge in [-0.3, -0.25) is 5.43 Å². The number of nitrogens with one attached hydrogen (secondary N) is 2. The molecule has 0 aliphatic heterocycles. The Bertz CT molecular complexity index is 651. The molecule has 2 N–H and O–H groups in total. The average Bonchev–Trinajstić information content (AvgIpc) is 2.37. The quantitative estimate of drug-likeness (QED) is 0.826. The van der Waals surface area contributed by atoms with E-state index in [0.29, 0.717) is 0 Å². The highest BCUT2D eigenvalue weighted by Crippen LogP contribution is 2.08. The number of aromatic nitrogens is 2. The van der Waals surface area contributed by atoms with E-state index in [0.717, 1.165) is 11.4 Å². The fraction of sp³-hybridized carbons (Fsp3) is 0.167. The second kappa shape index (κ2) is 5.33. The molecule has 2 aromatic rings. The van der Waals surface area contributed by atoms with E-state index in [1.807, 2.05) is 13.8 Å². The highest BCUT2D eigenvalue weighted by Gasteiger charge is 2.13. The first-order valence-electron chi connectivity index (χ1n) is 5.62. The van der Waals surface area contributed by atoms with Gasteiger partial charge in [-0.25, -0.2) is 18.4 Å². The molecule has 0 radical (unpaired) electrons. The Morgan fingerprint density at radius 2 is 1.58 bits per heavy atom. The first-order valence-corrected chi connectivity index (χ1v) is 7.11. The van der Waals surface area contributed by atoms with E-state index in [-0.39, 0.29) is 10.8 Å². The van der Waals surface area contributed by atoms with Crippen molar-refractivity contribution in [2.45, 2.75) is 18.7 Å². The van der Waals surface area contributed by atoms with Gasteiger partial charge in [0.1, 0.15) is 0 Å². The van der Waals surface area contributed by atoms with Gasteiger partial charge >= 0.3 is 0 Å². The van der Waals surface area contributed by atoms with E-state index in [4.69, 9.17) is 0 Å². The molecule has 1 aromatic heterocycles. The molecule has 0 spiro atoms. The highest BCUT2D eigenvalue weighted by molar-refractivity contribution is 7.89. The van der Waals surface area contributed by atoms with Gasteiger partial charge in [0.2, 0.25) is 5.95 Å². The zero-order valence-corrected chi connectivity index (χ0v) is 11.4. The van der Waals surface area contributed by atoms with Crippen molar-refractivity contribution in [2.24, 2.45) is 0 Å². The largest absolute Gasteiger partial charge is 0.276 e. The minimum atomic E-state index is -3.63. The number of benzene rings is 1. The third-order valence-corrected chi connectivity index (χ3v) is 3.60. The van der Waals surface area contributed by atoms with Gasteiger partial charge in [0.05, 0.1) is 4.90 Å². The molecule has 0 bridgehead atoms. The van der Waals surface area contributed by atoms with Crippen molar-refractivity contribution in [3.05, 3.63) is 47.8 Å². The van der Waals surface area contributed by atoms with Crippen molar-refractivity contribution < 1.29 is 8.42 Å². The molecule has 0 fully saturated rings. The Morgan fingerprint density at radius 1 is 1.00 bits per heavy atom. The molecule has 0 aliphatic carbocycles. The van der Waals surface area contributed by atoms with Crippen LogP contribution in [-0.2, 0) is 10.0 Å². The predicted molar refractivity (Wildman–Crippen MR) is 71.9 cm³/mol. The molecule has 0 saturated heterocycles. The van der Waals surface area contributed by atoms with Crippen LogP contribution in [0.4, 0.5) is 5.95 Å². The Kier molecular flexibility index (Phi) is 3.77. The van der Waals surface area contributed by atoms with Gasteiger partial charge in [-0.1, -0.05) is 18.2 Å². The smallest absolute Gasteiger partial charge is 0.257 e. The van der Waals surface area contributed by atoms with Crippen LogP contribution >= 0.6 is 0 Å². The van der Waals surface area contributed by atoms with Crippen LogP contribution < -0.4 is 10.3 Å². The Morgan fingerprint density at radius 3 is 2.16 bits per heavy atom. The number of anilines is 1. The summed E-state index contributed by atoms with van der Waals surface area (Å²) in [5.41, 5.74) is 4.02. The van der Waals surface area contributed by atoms with E-state index in [9.17, 15) is 8.42 Å². The molecule has 2 rings (SSSR count). The van der Waals surface area contributed by atoms with E-state index in [1.54, 1.807) is 24.3 Å². The molecule has 7 heteroatoms. The van der Waals surface area contributed by atoms with Crippen molar-refractivity contribution in [1.29, 1.82) is 0 Å². The standard InChI is InChI=1S/C12H14N4O2S/c1-9-8-10(2)14-12(13-9)15-16-19(17,18)11-6-4-3-5-7-11/h3-8,16H,1-2H3,(H,13,14,15).